The van der Waals surface area contributed by atoms with Gasteiger partial charge in [0.15, 0.2) is 0 Å². The molecule has 0 amide bonds. The van der Waals surface area contributed by atoms with E-state index in [2.05, 4.69) is 59.2 Å². The van der Waals surface area contributed by atoms with E-state index in [1.807, 2.05) is 0 Å². The number of hydrogen-bond acceptors (Lipinski definition) is 3. The molecule has 0 aliphatic carbocycles. The van der Waals surface area contributed by atoms with Crippen LogP contribution in [-0.2, 0) is 0 Å². The van der Waals surface area contributed by atoms with E-state index in [9.17, 15) is 0 Å². The minimum Gasteiger partial charge on any atom is -0.317 e. The van der Waals surface area contributed by atoms with E-state index < -0.39 is 0 Å². The lowest BCUT2D eigenvalue weighted by molar-refractivity contribution is 0.186. The van der Waals surface area contributed by atoms with Crippen LogP contribution in [0.15, 0.2) is 30.6 Å². The lowest BCUT2D eigenvalue weighted by atomic mass is 9.92. The van der Waals surface area contributed by atoms with Gasteiger partial charge >= 0.3 is 0 Å². The van der Waals surface area contributed by atoms with Gasteiger partial charge in [-0.25, -0.2) is 4.98 Å². The molecule has 4 nitrogen and oxygen atoms in total. The summed E-state index contributed by atoms with van der Waals surface area (Å²) < 4.78 is 2.14. The molecular weight excluding hydrogens is 260 g/mol. The van der Waals surface area contributed by atoms with Crippen LogP contribution in [0, 0.1) is 5.92 Å². The summed E-state index contributed by atoms with van der Waals surface area (Å²) in [6.07, 6.45) is 8.20. The van der Waals surface area contributed by atoms with Crippen LogP contribution in [0.1, 0.15) is 37.9 Å². The third kappa shape index (κ3) is 3.11. The second-order valence-electron chi connectivity index (χ2n) is 6.12. The van der Waals surface area contributed by atoms with Crippen molar-refractivity contribution in [3.8, 4) is 0 Å². The van der Waals surface area contributed by atoms with Crippen molar-refractivity contribution in [2.75, 3.05) is 26.7 Å². The Morgan fingerprint density at radius 3 is 3.05 bits per heavy atom. The zero-order valence-electron chi connectivity index (χ0n) is 13.1. The fraction of sp³-hybridized carbons (Fsp3) is 0.588. The fourth-order valence-electron chi connectivity index (χ4n) is 3.53. The third-order valence-corrected chi connectivity index (χ3v) is 4.60. The van der Waals surface area contributed by atoms with Crippen LogP contribution in [0.2, 0.25) is 0 Å². The standard InChI is InChI=1S/C17H26N4/c1-3-18-12-14-8-4-6-10-20(2)17(14)15-13-21-11-7-5-9-16(21)19-15/h5,7,9,11,13-14,17-18H,3-4,6,8,10,12H2,1-2H3. The van der Waals surface area contributed by atoms with E-state index in [-0.39, 0.29) is 0 Å². The highest BCUT2D eigenvalue weighted by atomic mass is 15.2. The van der Waals surface area contributed by atoms with Crippen LogP contribution >= 0.6 is 0 Å². The summed E-state index contributed by atoms with van der Waals surface area (Å²) in [4.78, 5) is 7.38. The topological polar surface area (TPSA) is 32.6 Å². The smallest absolute Gasteiger partial charge is 0.137 e. The monoisotopic (exact) mass is 286 g/mol. The number of likely N-dealkylation sites (tertiary alicyclic amines) is 1. The molecule has 1 aliphatic rings. The second-order valence-corrected chi connectivity index (χ2v) is 6.12. The molecule has 0 bridgehead atoms. The van der Waals surface area contributed by atoms with Gasteiger partial charge in [0.1, 0.15) is 5.65 Å². The third-order valence-electron chi connectivity index (χ3n) is 4.60. The molecule has 1 saturated heterocycles. The molecule has 0 spiro atoms. The molecule has 4 heteroatoms. The van der Waals surface area contributed by atoms with Crippen LogP contribution < -0.4 is 5.32 Å². The number of hydrogen-bond donors (Lipinski definition) is 1. The highest BCUT2D eigenvalue weighted by Gasteiger charge is 2.30. The molecule has 2 aromatic rings. The van der Waals surface area contributed by atoms with Gasteiger partial charge in [0.25, 0.3) is 0 Å². The largest absolute Gasteiger partial charge is 0.317 e. The molecule has 1 aliphatic heterocycles. The van der Waals surface area contributed by atoms with Crippen molar-refractivity contribution in [2.24, 2.45) is 5.92 Å². The van der Waals surface area contributed by atoms with Crippen molar-refractivity contribution in [3.63, 3.8) is 0 Å². The van der Waals surface area contributed by atoms with Crippen molar-refractivity contribution >= 4 is 5.65 Å². The highest BCUT2D eigenvalue weighted by molar-refractivity contribution is 5.40. The molecule has 0 radical (unpaired) electrons. The first kappa shape index (κ1) is 14.5. The van der Waals surface area contributed by atoms with Gasteiger partial charge < -0.3 is 9.72 Å². The Bertz CT molecular complexity index is 544. The number of pyridine rings is 1. The number of fused-ring (bicyclic) bond motifs is 1. The van der Waals surface area contributed by atoms with Crippen molar-refractivity contribution < 1.29 is 0 Å². The van der Waals surface area contributed by atoms with E-state index in [1.54, 1.807) is 0 Å². The second kappa shape index (κ2) is 6.58. The molecule has 114 valence electrons. The first-order valence-corrected chi connectivity index (χ1v) is 8.14. The average Bonchev–Trinajstić information content (AvgIpc) is 2.82. The summed E-state index contributed by atoms with van der Waals surface area (Å²) in [6, 6.07) is 6.62. The molecule has 21 heavy (non-hydrogen) atoms. The minimum absolute atomic E-state index is 0.423. The Labute approximate surface area is 127 Å². The van der Waals surface area contributed by atoms with Gasteiger partial charge in [-0.15, -0.1) is 0 Å². The van der Waals surface area contributed by atoms with Gasteiger partial charge in [-0.2, -0.15) is 0 Å². The molecule has 0 aromatic carbocycles. The first-order valence-electron chi connectivity index (χ1n) is 8.14. The zero-order chi connectivity index (χ0) is 14.7. The Morgan fingerprint density at radius 2 is 2.24 bits per heavy atom. The number of nitrogens with zero attached hydrogens (tertiary/aromatic N) is 3. The zero-order valence-corrected chi connectivity index (χ0v) is 13.1. The summed E-state index contributed by atoms with van der Waals surface area (Å²) in [5, 5.41) is 3.54. The van der Waals surface area contributed by atoms with Gasteiger partial charge in [0, 0.05) is 12.4 Å². The van der Waals surface area contributed by atoms with Crippen molar-refractivity contribution in [1.29, 1.82) is 0 Å². The van der Waals surface area contributed by atoms with E-state index in [0.717, 1.165) is 18.7 Å². The Kier molecular flexibility index (Phi) is 4.56. The number of nitrogens with one attached hydrogen (secondary N) is 1. The molecule has 1 fully saturated rings. The lowest BCUT2D eigenvalue weighted by Crippen LogP contribution is -2.35. The molecule has 2 atom stereocenters. The Hall–Kier alpha value is -1.39. The van der Waals surface area contributed by atoms with Crippen molar-refractivity contribution in [3.05, 3.63) is 36.3 Å². The predicted molar refractivity (Wildman–Crippen MR) is 86.4 cm³/mol. The van der Waals surface area contributed by atoms with Gasteiger partial charge in [-0.05, 0) is 57.6 Å². The Balaban J connectivity index is 1.92. The fourth-order valence-corrected chi connectivity index (χ4v) is 3.53. The summed E-state index contributed by atoms with van der Waals surface area (Å²) in [5.74, 6) is 0.641. The molecule has 0 saturated carbocycles. The number of aromatic nitrogens is 2. The number of imidazole rings is 1. The van der Waals surface area contributed by atoms with Gasteiger partial charge in [0.2, 0.25) is 0 Å². The van der Waals surface area contributed by atoms with Gasteiger partial charge in [-0.3, -0.25) is 4.90 Å². The SMILES string of the molecule is CCNCC1CCCCN(C)C1c1cn2ccccc2n1. The molecule has 2 aromatic heterocycles. The van der Waals surface area contributed by atoms with E-state index in [0.29, 0.717) is 12.0 Å². The van der Waals surface area contributed by atoms with E-state index in [4.69, 9.17) is 4.98 Å². The lowest BCUT2D eigenvalue weighted by Gasteiger charge is -2.31. The van der Waals surface area contributed by atoms with Crippen LogP contribution in [0.3, 0.4) is 0 Å². The van der Waals surface area contributed by atoms with Crippen LogP contribution in [0.5, 0.6) is 0 Å². The summed E-state index contributed by atoms with van der Waals surface area (Å²) in [7, 11) is 2.25. The number of rotatable bonds is 4. The normalized spacial score (nSPS) is 24.3. The van der Waals surface area contributed by atoms with E-state index >= 15 is 0 Å². The molecule has 3 heterocycles. The maximum Gasteiger partial charge on any atom is 0.137 e. The van der Waals surface area contributed by atoms with E-state index in [1.165, 1.54) is 31.5 Å². The maximum atomic E-state index is 4.88. The minimum atomic E-state index is 0.423. The summed E-state index contributed by atoms with van der Waals surface area (Å²) in [5.41, 5.74) is 2.26. The maximum absolute atomic E-state index is 4.88. The van der Waals surface area contributed by atoms with Gasteiger partial charge in [-0.1, -0.05) is 19.4 Å². The van der Waals surface area contributed by atoms with Crippen molar-refractivity contribution in [2.45, 2.75) is 32.2 Å². The highest BCUT2D eigenvalue weighted by Crippen LogP contribution is 2.33. The quantitative estimate of drug-likeness (QED) is 0.938. The summed E-state index contributed by atoms with van der Waals surface area (Å²) >= 11 is 0. The van der Waals surface area contributed by atoms with Crippen LogP contribution in [-0.4, -0.2) is 41.0 Å². The van der Waals surface area contributed by atoms with Crippen molar-refractivity contribution in [1.82, 2.24) is 19.6 Å². The van der Waals surface area contributed by atoms with Crippen LogP contribution in [0.25, 0.3) is 5.65 Å². The predicted octanol–water partition coefficient (Wildman–Crippen LogP) is 2.72. The Morgan fingerprint density at radius 1 is 1.33 bits per heavy atom. The molecule has 3 rings (SSSR count). The molecule has 1 N–H and O–H groups in total. The molecule has 2 unspecified atom stereocenters. The molecular formula is C17H26N4. The average molecular weight is 286 g/mol. The van der Waals surface area contributed by atoms with Crippen LogP contribution in [0.4, 0.5) is 0 Å². The van der Waals surface area contributed by atoms with Gasteiger partial charge in [0.05, 0.1) is 11.7 Å². The summed E-state index contributed by atoms with van der Waals surface area (Å²) in [6.45, 7) is 5.47. The first-order chi connectivity index (χ1) is 10.3.